The highest BCUT2D eigenvalue weighted by Gasteiger charge is 2.62. The maximum Gasteiger partial charge on any atom is 0.174 e. The van der Waals surface area contributed by atoms with Gasteiger partial charge in [0.25, 0.3) is 0 Å². The smallest absolute Gasteiger partial charge is 0.174 e. The van der Waals surface area contributed by atoms with Gasteiger partial charge in [0, 0.05) is 57.2 Å². The lowest BCUT2D eigenvalue weighted by atomic mass is 9.75. The summed E-state index contributed by atoms with van der Waals surface area (Å²) in [7, 11) is 0. The van der Waals surface area contributed by atoms with E-state index in [1.54, 1.807) is 0 Å². The van der Waals surface area contributed by atoms with Crippen LogP contribution in [-0.4, -0.2) is 123 Å². The molecule has 6 fully saturated rings. The SMILES string of the molecule is CCOC(C)O[C@@H]1[C@@H](C)[C@H](OCc2ccccc2)[C@@H]2O[C@]3(C[C@H](OCc4ccccc4)CO3)[C@@H](C)[C@H](C)[C@H]2O[C@H]1C[C@H]1O[C@H]2C[C@H]3O[C@@H](CCOCc4ccccc4)[C@H](OCc4ccccc4)C[C@@H](OCc4ccccc4)[C@]3(C)O[C@@H]2C[C@H](C)CC1=O. The number of carbonyl (C=O) groups excluding carboxylic acids is 1. The Morgan fingerprint density at radius 2 is 1.16 bits per heavy atom. The Labute approximate surface area is 516 Å². The number of fused-ring (bicyclic) bond motifs is 3. The van der Waals surface area contributed by atoms with Crippen LogP contribution in [0.5, 0.6) is 0 Å². The second-order valence-electron chi connectivity index (χ2n) is 25.7. The predicted molar refractivity (Wildman–Crippen MR) is 329 cm³/mol. The van der Waals surface area contributed by atoms with E-state index in [0.717, 1.165) is 27.8 Å². The molecular formula is C73H94O14. The number of hydrogen-bond acceptors (Lipinski definition) is 14. The zero-order chi connectivity index (χ0) is 60.3. The van der Waals surface area contributed by atoms with E-state index < -0.39 is 72.6 Å². The maximum absolute atomic E-state index is 15.2. The second-order valence-corrected chi connectivity index (χ2v) is 25.7. The number of ether oxygens (including phenoxy) is 13. The minimum absolute atomic E-state index is 0.0155. The maximum atomic E-state index is 15.2. The molecule has 1 unspecified atom stereocenters. The molecule has 0 N–H and O–H groups in total. The molecule has 470 valence electrons. The van der Waals surface area contributed by atoms with Gasteiger partial charge in [-0.15, -0.1) is 0 Å². The highest BCUT2D eigenvalue weighted by molar-refractivity contribution is 5.83. The lowest BCUT2D eigenvalue weighted by Crippen LogP contribution is -2.63. The van der Waals surface area contributed by atoms with E-state index in [1.807, 2.05) is 105 Å². The van der Waals surface area contributed by atoms with Crippen molar-refractivity contribution in [3.05, 3.63) is 179 Å². The number of hydrogen-bond donors (Lipinski definition) is 0. The predicted octanol–water partition coefficient (Wildman–Crippen LogP) is 12.7. The third-order valence-electron chi connectivity index (χ3n) is 19.4. The van der Waals surface area contributed by atoms with E-state index in [4.69, 9.17) is 61.6 Å². The Bertz CT molecular complexity index is 2850. The van der Waals surface area contributed by atoms with Crippen LogP contribution in [0.3, 0.4) is 0 Å². The fourth-order valence-electron chi connectivity index (χ4n) is 14.4. The van der Waals surface area contributed by atoms with E-state index in [-0.39, 0.29) is 60.3 Å². The summed E-state index contributed by atoms with van der Waals surface area (Å²) in [5, 5.41) is 0. The minimum atomic E-state index is -0.957. The zero-order valence-electron chi connectivity index (χ0n) is 52.1. The van der Waals surface area contributed by atoms with Crippen molar-refractivity contribution in [2.75, 3.05) is 19.8 Å². The summed E-state index contributed by atoms with van der Waals surface area (Å²) >= 11 is 0. The van der Waals surface area contributed by atoms with Crippen molar-refractivity contribution >= 4 is 5.78 Å². The van der Waals surface area contributed by atoms with Crippen molar-refractivity contribution in [2.45, 2.75) is 223 Å². The van der Waals surface area contributed by atoms with Crippen LogP contribution in [0.25, 0.3) is 0 Å². The van der Waals surface area contributed by atoms with Gasteiger partial charge in [-0.05, 0) is 73.3 Å². The quantitative estimate of drug-likeness (QED) is 0.0453. The number of Topliss-reactive ketones (excluding diaryl/α,β-unsaturated/α-hetero) is 1. The zero-order valence-corrected chi connectivity index (χ0v) is 52.1. The Balaban J connectivity index is 0.891. The molecule has 20 atom stereocenters. The highest BCUT2D eigenvalue weighted by Crippen LogP contribution is 2.51. The minimum Gasteiger partial charge on any atom is -0.377 e. The molecule has 5 aromatic rings. The third kappa shape index (κ3) is 15.7. The van der Waals surface area contributed by atoms with Crippen LogP contribution < -0.4 is 0 Å². The Morgan fingerprint density at radius 1 is 0.586 bits per heavy atom. The molecule has 0 bridgehead atoms. The molecule has 1 spiro atoms. The molecule has 14 heteroatoms. The molecule has 0 radical (unpaired) electrons. The Hall–Kier alpha value is -4.75. The van der Waals surface area contributed by atoms with Crippen LogP contribution >= 0.6 is 0 Å². The molecule has 6 aliphatic heterocycles. The van der Waals surface area contributed by atoms with Crippen molar-refractivity contribution in [2.24, 2.45) is 23.7 Å². The van der Waals surface area contributed by atoms with Gasteiger partial charge >= 0.3 is 0 Å². The highest BCUT2D eigenvalue weighted by atomic mass is 16.7. The lowest BCUT2D eigenvalue weighted by molar-refractivity contribution is -0.341. The van der Waals surface area contributed by atoms with Crippen LogP contribution in [-0.2, 0) is 99.4 Å². The van der Waals surface area contributed by atoms with Crippen LogP contribution in [0, 0.1) is 23.7 Å². The molecule has 5 aromatic carbocycles. The number of ketones is 1. The first-order valence-electron chi connectivity index (χ1n) is 32.3. The van der Waals surface area contributed by atoms with Gasteiger partial charge in [0.05, 0.1) is 107 Å². The molecule has 0 aliphatic carbocycles. The summed E-state index contributed by atoms with van der Waals surface area (Å²) in [6.45, 7) is 18.2. The van der Waals surface area contributed by atoms with Crippen molar-refractivity contribution in [1.29, 1.82) is 0 Å². The Morgan fingerprint density at radius 3 is 1.77 bits per heavy atom. The number of rotatable bonds is 23. The third-order valence-corrected chi connectivity index (χ3v) is 19.4. The molecular weight excluding hydrogens is 1100 g/mol. The van der Waals surface area contributed by atoms with Gasteiger partial charge in [-0.25, -0.2) is 0 Å². The first-order chi connectivity index (χ1) is 42.3. The largest absolute Gasteiger partial charge is 0.377 e. The lowest BCUT2D eigenvalue weighted by Gasteiger charge is -2.52. The first-order valence-corrected chi connectivity index (χ1v) is 32.3. The molecule has 0 amide bonds. The van der Waals surface area contributed by atoms with Gasteiger partial charge in [0.15, 0.2) is 17.9 Å². The number of carbonyl (C=O) groups is 1. The second kappa shape index (κ2) is 29.9. The molecule has 6 aliphatic rings. The van der Waals surface area contributed by atoms with Gasteiger partial charge < -0.3 is 61.6 Å². The summed E-state index contributed by atoms with van der Waals surface area (Å²) in [6, 6.07) is 51.2. The Kier molecular flexibility index (Phi) is 21.9. The van der Waals surface area contributed by atoms with Gasteiger partial charge in [-0.2, -0.15) is 0 Å². The fraction of sp³-hybridized carbons (Fsp3) is 0.575. The van der Waals surface area contributed by atoms with Gasteiger partial charge in [0.2, 0.25) is 0 Å². The van der Waals surface area contributed by atoms with Crippen molar-refractivity contribution < 1.29 is 66.4 Å². The molecule has 11 rings (SSSR count). The monoisotopic (exact) mass is 1190 g/mol. The van der Waals surface area contributed by atoms with Crippen LogP contribution in [0.15, 0.2) is 152 Å². The molecule has 14 nitrogen and oxygen atoms in total. The fourth-order valence-corrected chi connectivity index (χ4v) is 14.4. The molecule has 0 saturated carbocycles. The average Bonchev–Trinajstić information content (AvgIpc) is 2.27. The van der Waals surface area contributed by atoms with Crippen molar-refractivity contribution in [3.63, 3.8) is 0 Å². The van der Waals surface area contributed by atoms with Gasteiger partial charge in [0.1, 0.15) is 17.8 Å². The average molecular weight is 1200 g/mol. The first kappa shape index (κ1) is 63.8. The summed E-state index contributed by atoms with van der Waals surface area (Å²) in [5.41, 5.74) is 4.46. The summed E-state index contributed by atoms with van der Waals surface area (Å²) < 4.78 is 91.8. The standard InChI is InChI=1S/C73H94O14/c1-8-76-52(6)82-68-50(4)69(80-46-57-32-22-13-23-33-57)71-70(49(3)51(5)73(87-71)41-58(47-81-73)77-43-54-26-16-10-17-27-54)85-65(68)38-61-59(74)36-48(2)37-64-63(83-61)40-67-72(7,86-64)66(79-45-56-30-20-12-21-31-56)39-62(78-44-55-28-18-11-19-29-55)60(84-67)34-35-75-42-53-24-14-9-15-25-53/h9-33,48-52,58,60-71H,8,34-47H2,1-7H3/t48-,49+,50-,51+,52?,58+,60+,61-,62-,63+,64-,65+,66-,67-,68-,69+,70-,71+,72+,73-/m1/s1. The van der Waals surface area contributed by atoms with Crippen LogP contribution in [0.2, 0.25) is 0 Å². The summed E-state index contributed by atoms with van der Waals surface area (Å²) in [5.74, 6) is -1.46. The van der Waals surface area contributed by atoms with E-state index >= 15 is 4.79 Å². The van der Waals surface area contributed by atoms with E-state index in [9.17, 15) is 0 Å². The molecule has 6 heterocycles. The van der Waals surface area contributed by atoms with E-state index in [0.29, 0.717) is 91.4 Å². The van der Waals surface area contributed by atoms with Gasteiger partial charge in [-0.1, -0.05) is 179 Å². The topological polar surface area (TPSA) is 137 Å². The van der Waals surface area contributed by atoms with Gasteiger partial charge in [-0.3, -0.25) is 4.79 Å². The van der Waals surface area contributed by atoms with E-state index in [2.05, 4.69) is 95.3 Å². The molecule has 6 saturated heterocycles. The molecule has 0 aromatic heterocycles. The molecule has 87 heavy (non-hydrogen) atoms. The van der Waals surface area contributed by atoms with Crippen LogP contribution in [0.4, 0.5) is 0 Å². The summed E-state index contributed by atoms with van der Waals surface area (Å²) in [6.07, 6.45) is -3.82. The van der Waals surface area contributed by atoms with E-state index in [1.165, 1.54) is 0 Å². The number of benzene rings is 5. The van der Waals surface area contributed by atoms with Crippen molar-refractivity contribution in [1.82, 2.24) is 0 Å². The summed E-state index contributed by atoms with van der Waals surface area (Å²) in [4.78, 5) is 15.2. The normalized spacial score (nSPS) is 35.7. The van der Waals surface area contributed by atoms with Crippen LogP contribution in [0.1, 0.15) is 121 Å². The van der Waals surface area contributed by atoms with Crippen molar-refractivity contribution in [3.8, 4) is 0 Å².